The largest absolute Gasteiger partial charge is 0.481 e. The van der Waals surface area contributed by atoms with Gasteiger partial charge in [0.15, 0.2) is 0 Å². The molecular weight excluding hydrogens is 276 g/mol. The molecule has 1 N–H and O–H groups in total. The van der Waals surface area contributed by atoms with Gasteiger partial charge < -0.3 is 9.84 Å². The lowest BCUT2D eigenvalue weighted by molar-refractivity contribution is -0.137. The molecule has 0 saturated heterocycles. The Morgan fingerprint density at radius 3 is 2.20 bits per heavy atom. The zero-order valence-electron chi connectivity index (χ0n) is 11.0. The highest BCUT2D eigenvalue weighted by Gasteiger charge is 2.26. The number of para-hydroxylation sites is 1. The van der Waals surface area contributed by atoms with Crippen molar-refractivity contribution in [1.82, 2.24) is 0 Å². The predicted molar refractivity (Wildman–Crippen MR) is 78.4 cm³/mol. The summed E-state index contributed by atoms with van der Waals surface area (Å²) in [5.74, 6) is 0.509. The summed E-state index contributed by atoms with van der Waals surface area (Å²) in [6.45, 7) is 1.69. The molecule has 104 valence electrons. The molecule has 0 aliphatic heterocycles. The van der Waals surface area contributed by atoms with Gasteiger partial charge in [0.05, 0.1) is 11.3 Å². The molecular formula is C16H15ClO3. The first kappa shape index (κ1) is 14.4. The number of hydrogen-bond acceptors (Lipinski definition) is 2. The normalized spacial score (nSPS) is 13.5. The van der Waals surface area contributed by atoms with Crippen molar-refractivity contribution in [2.45, 2.75) is 18.2 Å². The van der Waals surface area contributed by atoms with E-state index in [4.69, 9.17) is 21.4 Å². The molecule has 4 heteroatoms. The van der Waals surface area contributed by atoms with Crippen molar-refractivity contribution in [3.05, 3.63) is 60.2 Å². The summed E-state index contributed by atoms with van der Waals surface area (Å²) in [6.07, 6.45) is -0.132. The zero-order valence-corrected chi connectivity index (χ0v) is 11.8. The number of carboxylic acid groups (broad SMARTS) is 1. The van der Waals surface area contributed by atoms with Gasteiger partial charge in [-0.25, -0.2) is 0 Å². The van der Waals surface area contributed by atoms with Gasteiger partial charge in [0, 0.05) is 0 Å². The summed E-state index contributed by atoms with van der Waals surface area (Å²) in [6, 6.07) is 16.6. The van der Waals surface area contributed by atoms with E-state index in [1.807, 2.05) is 30.3 Å². The minimum absolute atomic E-state index is 0.132. The van der Waals surface area contributed by atoms with Crippen LogP contribution < -0.4 is 4.74 Å². The van der Waals surface area contributed by atoms with Crippen LogP contribution in [-0.4, -0.2) is 11.1 Å². The predicted octanol–water partition coefficient (Wildman–Crippen LogP) is 4.41. The number of halogens is 1. The fourth-order valence-corrected chi connectivity index (χ4v) is 2.12. The minimum Gasteiger partial charge on any atom is -0.481 e. The molecule has 0 aromatic heterocycles. The smallest absolute Gasteiger partial charge is 0.305 e. The number of carbonyl (C=O) groups is 1. The third kappa shape index (κ3) is 3.75. The number of carboxylic acids is 1. The van der Waals surface area contributed by atoms with E-state index in [0.29, 0.717) is 5.75 Å². The van der Waals surface area contributed by atoms with Crippen molar-refractivity contribution in [3.63, 3.8) is 0 Å². The number of ether oxygens (including phenoxy) is 1. The summed E-state index contributed by atoms with van der Waals surface area (Å²) in [4.78, 5) is 9.87. The zero-order chi connectivity index (χ0) is 14.6. The highest BCUT2D eigenvalue weighted by Crippen LogP contribution is 2.33. The van der Waals surface area contributed by atoms with Gasteiger partial charge in [0.25, 0.3) is 0 Å². The van der Waals surface area contributed by atoms with Crippen molar-refractivity contribution >= 4 is 17.6 Å². The summed E-state index contributed by atoms with van der Waals surface area (Å²) >= 11 is 6.25. The number of rotatable bonds is 5. The number of benzene rings is 2. The van der Waals surface area contributed by atoms with Gasteiger partial charge in [0.1, 0.15) is 11.5 Å². The van der Waals surface area contributed by atoms with Crippen LogP contribution >= 0.6 is 11.6 Å². The standard InChI is InChI=1S/C16H15ClO3/c1-16(17,11-15(18)19)12-7-9-14(10-8-12)20-13-5-3-2-4-6-13/h2-10H,11H2,1H3,(H,18,19). The lowest BCUT2D eigenvalue weighted by atomic mass is 9.97. The van der Waals surface area contributed by atoms with Crippen LogP contribution in [0.15, 0.2) is 54.6 Å². The van der Waals surface area contributed by atoms with Crippen molar-refractivity contribution in [3.8, 4) is 11.5 Å². The van der Waals surface area contributed by atoms with Crippen molar-refractivity contribution in [2.24, 2.45) is 0 Å². The van der Waals surface area contributed by atoms with Gasteiger partial charge >= 0.3 is 5.97 Å². The second kappa shape index (κ2) is 5.97. The Balaban J connectivity index is 2.12. The lowest BCUT2D eigenvalue weighted by Gasteiger charge is -2.20. The van der Waals surface area contributed by atoms with Crippen molar-refractivity contribution in [1.29, 1.82) is 0 Å². The third-order valence-electron chi connectivity index (χ3n) is 2.92. The van der Waals surface area contributed by atoms with E-state index in [2.05, 4.69) is 0 Å². The monoisotopic (exact) mass is 290 g/mol. The van der Waals surface area contributed by atoms with Crippen LogP contribution in [0.3, 0.4) is 0 Å². The average Bonchev–Trinajstić information content (AvgIpc) is 2.39. The maximum absolute atomic E-state index is 10.8. The molecule has 1 atom stereocenters. The molecule has 0 spiro atoms. The molecule has 0 amide bonds. The molecule has 1 unspecified atom stereocenters. The first-order chi connectivity index (χ1) is 9.47. The molecule has 0 fully saturated rings. The van der Waals surface area contributed by atoms with Crippen LogP contribution in [0, 0.1) is 0 Å². The van der Waals surface area contributed by atoms with Gasteiger partial charge in [-0.15, -0.1) is 11.6 Å². The van der Waals surface area contributed by atoms with E-state index >= 15 is 0 Å². The van der Waals surface area contributed by atoms with E-state index in [0.717, 1.165) is 11.3 Å². The van der Waals surface area contributed by atoms with Crippen LogP contribution in [0.4, 0.5) is 0 Å². The van der Waals surface area contributed by atoms with Crippen LogP contribution in [0.2, 0.25) is 0 Å². The van der Waals surface area contributed by atoms with E-state index in [1.165, 1.54) is 0 Å². The molecule has 0 radical (unpaired) electrons. The van der Waals surface area contributed by atoms with E-state index < -0.39 is 10.8 Å². The Labute approximate surface area is 122 Å². The van der Waals surface area contributed by atoms with Gasteiger partial charge in [-0.1, -0.05) is 30.3 Å². The van der Waals surface area contributed by atoms with E-state index in [9.17, 15) is 4.79 Å². The van der Waals surface area contributed by atoms with Gasteiger partial charge in [0.2, 0.25) is 0 Å². The summed E-state index contributed by atoms with van der Waals surface area (Å²) in [7, 11) is 0. The molecule has 2 aromatic carbocycles. The summed E-state index contributed by atoms with van der Waals surface area (Å²) < 4.78 is 5.67. The number of aliphatic carboxylic acids is 1. The molecule has 0 aliphatic carbocycles. The minimum atomic E-state index is -0.924. The second-order valence-corrected chi connectivity index (χ2v) is 5.54. The van der Waals surface area contributed by atoms with Crippen LogP contribution in [0.1, 0.15) is 18.9 Å². The Morgan fingerprint density at radius 2 is 1.65 bits per heavy atom. The fraction of sp³-hybridized carbons (Fsp3) is 0.188. The molecule has 0 saturated carbocycles. The quantitative estimate of drug-likeness (QED) is 0.830. The summed E-state index contributed by atoms with van der Waals surface area (Å²) in [5, 5.41) is 8.85. The molecule has 20 heavy (non-hydrogen) atoms. The van der Waals surface area contributed by atoms with Crippen LogP contribution in [-0.2, 0) is 9.67 Å². The third-order valence-corrected chi connectivity index (χ3v) is 3.27. The molecule has 0 bridgehead atoms. The Bertz CT molecular complexity index is 576. The Morgan fingerprint density at radius 1 is 1.10 bits per heavy atom. The molecule has 0 aliphatic rings. The second-order valence-electron chi connectivity index (χ2n) is 4.71. The topological polar surface area (TPSA) is 46.5 Å². The number of alkyl halides is 1. The first-order valence-corrected chi connectivity index (χ1v) is 6.59. The maximum atomic E-state index is 10.8. The number of hydrogen-bond donors (Lipinski definition) is 1. The van der Waals surface area contributed by atoms with Gasteiger partial charge in [-0.05, 0) is 36.8 Å². The van der Waals surface area contributed by atoms with Crippen LogP contribution in [0.5, 0.6) is 11.5 Å². The molecule has 0 heterocycles. The van der Waals surface area contributed by atoms with Crippen molar-refractivity contribution in [2.75, 3.05) is 0 Å². The highest BCUT2D eigenvalue weighted by atomic mass is 35.5. The summed E-state index contributed by atoms with van der Waals surface area (Å²) in [5.41, 5.74) is 0.752. The first-order valence-electron chi connectivity index (χ1n) is 6.21. The fourth-order valence-electron chi connectivity index (χ4n) is 1.88. The van der Waals surface area contributed by atoms with E-state index in [1.54, 1.807) is 31.2 Å². The van der Waals surface area contributed by atoms with Gasteiger partial charge in [-0.3, -0.25) is 4.79 Å². The lowest BCUT2D eigenvalue weighted by Crippen LogP contribution is -2.18. The average molecular weight is 291 g/mol. The maximum Gasteiger partial charge on any atom is 0.305 e. The Hall–Kier alpha value is -2.00. The molecule has 2 rings (SSSR count). The SMILES string of the molecule is CC(Cl)(CC(=O)O)c1ccc(Oc2ccccc2)cc1. The van der Waals surface area contributed by atoms with E-state index in [-0.39, 0.29) is 6.42 Å². The molecule has 2 aromatic rings. The highest BCUT2D eigenvalue weighted by molar-refractivity contribution is 6.24. The Kier molecular flexibility index (Phi) is 4.30. The molecule has 3 nitrogen and oxygen atoms in total. The van der Waals surface area contributed by atoms with Crippen LogP contribution in [0.25, 0.3) is 0 Å². The van der Waals surface area contributed by atoms with Crippen molar-refractivity contribution < 1.29 is 14.6 Å². The van der Waals surface area contributed by atoms with Gasteiger partial charge in [-0.2, -0.15) is 0 Å².